The molecule has 0 saturated heterocycles. The van der Waals surface area contributed by atoms with Crippen LogP contribution in [0.15, 0.2) is 12.1 Å². The molecule has 3 N–H and O–H groups in total. The summed E-state index contributed by atoms with van der Waals surface area (Å²) in [5, 5.41) is 3.49. The van der Waals surface area contributed by atoms with Gasteiger partial charge in [-0.2, -0.15) is 0 Å². The predicted molar refractivity (Wildman–Crippen MR) is 76.4 cm³/mol. The van der Waals surface area contributed by atoms with Gasteiger partial charge in [-0.25, -0.2) is 0 Å². The number of ether oxygens (including phenoxy) is 2. The van der Waals surface area contributed by atoms with Gasteiger partial charge in [-0.3, -0.25) is 0 Å². The first kappa shape index (κ1) is 14.2. The van der Waals surface area contributed by atoms with Crippen molar-refractivity contribution in [2.75, 3.05) is 19.9 Å². The summed E-state index contributed by atoms with van der Waals surface area (Å²) in [7, 11) is 0. The van der Waals surface area contributed by atoms with E-state index in [1.165, 1.54) is 11.1 Å². The molecule has 1 aliphatic rings. The Hall–Kier alpha value is -1.26. The standard InChI is InChI=1S/C15H24N2O2/c1-10(2)13(6-16)8-17-7-12-5-15-14(4-11(12)3)18-9-19-15/h4-5,10,13,17H,6-9,16H2,1-3H3. The molecule has 1 atom stereocenters. The molecule has 0 aliphatic carbocycles. The molecule has 1 heterocycles. The summed E-state index contributed by atoms with van der Waals surface area (Å²) in [4.78, 5) is 0. The van der Waals surface area contributed by atoms with Crippen molar-refractivity contribution in [1.29, 1.82) is 0 Å². The Morgan fingerprint density at radius 1 is 1.26 bits per heavy atom. The lowest BCUT2D eigenvalue weighted by Crippen LogP contribution is -2.31. The Morgan fingerprint density at radius 2 is 1.95 bits per heavy atom. The molecule has 0 aromatic heterocycles. The summed E-state index contributed by atoms with van der Waals surface area (Å²) in [5.74, 6) is 2.83. The quantitative estimate of drug-likeness (QED) is 0.825. The zero-order valence-corrected chi connectivity index (χ0v) is 12.0. The Labute approximate surface area is 115 Å². The smallest absolute Gasteiger partial charge is 0.231 e. The zero-order valence-electron chi connectivity index (χ0n) is 12.0. The molecule has 1 aromatic rings. The topological polar surface area (TPSA) is 56.5 Å². The molecule has 0 fully saturated rings. The highest BCUT2D eigenvalue weighted by atomic mass is 16.7. The Morgan fingerprint density at radius 3 is 2.58 bits per heavy atom. The van der Waals surface area contributed by atoms with Crippen LogP contribution in [0.2, 0.25) is 0 Å². The molecule has 4 heteroatoms. The summed E-state index contributed by atoms with van der Waals surface area (Å²) < 4.78 is 10.8. The summed E-state index contributed by atoms with van der Waals surface area (Å²) in [6.45, 7) is 9.37. The molecule has 2 rings (SSSR count). The summed E-state index contributed by atoms with van der Waals surface area (Å²) in [6, 6.07) is 4.11. The van der Waals surface area contributed by atoms with Gasteiger partial charge in [-0.15, -0.1) is 0 Å². The molecule has 106 valence electrons. The van der Waals surface area contributed by atoms with Gasteiger partial charge in [0.1, 0.15) is 0 Å². The SMILES string of the molecule is Cc1cc2c(cc1CNCC(CN)C(C)C)OCO2. The van der Waals surface area contributed by atoms with Gasteiger partial charge in [0.05, 0.1) is 0 Å². The molecule has 0 radical (unpaired) electrons. The second-order valence-electron chi connectivity index (χ2n) is 5.50. The number of rotatable bonds is 6. The minimum absolute atomic E-state index is 0.328. The van der Waals surface area contributed by atoms with E-state index in [-0.39, 0.29) is 0 Å². The van der Waals surface area contributed by atoms with E-state index < -0.39 is 0 Å². The highest BCUT2D eigenvalue weighted by molar-refractivity contribution is 5.48. The van der Waals surface area contributed by atoms with Crippen LogP contribution in [0.5, 0.6) is 11.5 Å². The molecule has 0 spiro atoms. The molecule has 0 amide bonds. The summed E-state index contributed by atoms with van der Waals surface area (Å²) in [5.41, 5.74) is 8.26. The van der Waals surface area contributed by atoms with E-state index in [1.807, 2.05) is 6.07 Å². The van der Waals surface area contributed by atoms with Crippen LogP contribution in [0.4, 0.5) is 0 Å². The third-order valence-corrected chi connectivity index (χ3v) is 3.80. The molecular weight excluding hydrogens is 240 g/mol. The Bertz CT molecular complexity index is 432. The van der Waals surface area contributed by atoms with E-state index in [0.717, 1.165) is 31.1 Å². The van der Waals surface area contributed by atoms with Gasteiger partial charge in [-0.05, 0) is 55.1 Å². The molecule has 1 unspecified atom stereocenters. The van der Waals surface area contributed by atoms with Crippen LogP contribution in [0.3, 0.4) is 0 Å². The van der Waals surface area contributed by atoms with Gasteiger partial charge in [-0.1, -0.05) is 13.8 Å². The van der Waals surface area contributed by atoms with Crippen molar-refractivity contribution < 1.29 is 9.47 Å². The summed E-state index contributed by atoms with van der Waals surface area (Å²) in [6.07, 6.45) is 0. The molecule has 4 nitrogen and oxygen atoms in total. The van der Waals surface area contributed by atoms with Gasteiger partial charge in [0.15, 0.2) is 11.5 Å². The predicted octanol–water partition coefficient (Wildman–Crippen LogP) is 2.04. The van der Waals surface area contributed by atoms with E-state index in [1.54, 1.807) is 0 Å². The number of hydrogen-bond acceptors (Lipinski definition) is 4. The van der Waals surface area contributed by atoms with Crippen molar-refractivity contribution in [2.24, 2.45) is 17.6 Å². The molecule has 0 saturated carbocycles. The number of aryl methyl sites for hydroxylation is 1. The first-order valence-corrected chi connectivity index (χ1v) is 6.91. The monoisotopic (exact) mass is 264 g/mol. The van der Waals surface area contributed by atoms with E-state index >= 15 is 0 Å². The molecule has 19 heavy (non-hydrogen) atoms. The van der Waals surface area contributed by atoms with E-state index in [0.29, 0.717) is 18.6 Å². The average Bonchev–Trinajstić information content (AvgIpc) is 2.81. The third kappa shape index (κ3) is 3.39. The van der Waals surface area contributed by atoms with Crippen molar-refractivity contribution in [1.82, 2.24) is 5.32 Å². The van der Waals surface area contributed by atoms with Gasteiger partial charge >= 0.3 is 0 Å². The van der Waals surface area contributed by atoms with Crippen molar-refractivity contribution in [2.45, 2.75) is 27.3 Å². The zero-order chi connectivity index (χ0) is 13.8. The van der Waals surface area contributed by atoms with Gasteiger partial charge in [0, 0.05) is 6.54 Å². The minimum Gasteiger partial charge on any atom is -0.454 e. The Balaban J connectivity index is 1.93. The van der Waals surface area contributed by atoms with Crippen molar-refractivity contribution in [3.05, 3.63) is 23.3 Å². The second kappa shape index (κ2) is 6.26. The lowest BCUT2D eigenvalue weighted by Gasteiger charge is -2.19. The molecule has 1 aliphatic heterocycles. The fourth-order valence-corrected chi connectivity index (χ4v) is 2.26. The van der Waals surface area contributed by atoms with Crippen LogP contribution in [0.1, 0.15) is 25.0 Å². The van der Waals surface area contributed by atoms with Crippen molar-refractivity contribution in [3.8, 4) is 11.5 Å². The highest BCUT2D eigenvalue weighted by Gasteiger charge is 2.16. The summed E-state index contributed by atoms with van der Waals surface area (Å²) >= 11 is 0. The van der Waals surface area contributed by atoms with Crippen molar-refractivity contribution >= 4 is 0 Å². The van der Waals surface area contributed by atoms with Gasteiger partial charge in [0.2, 0.25) is 6.79 Å². The van der Waals surface area contributed by atoms with E-state index in [4.69, 9.17) is 15.2 Å². The lowest BCUT2D eigenvalue weighted by molar-refractivity contribution is 0.174. The van der Waals surface area contributed by atoms with Crippen LogP contribution < -0.4 is 20.5 Å². The maximum absolute atomic E-state index is 5.78. The van der Waals surface area contributed by atoms with Crippen molar-refractivity contribution in [3.63, 3.8) is 0 Å². The van der Waals surface area contributed by atoms with Gasteiger partial charge in [0.25, 0.3) is 0 Å². The first-order valence-electron chi connectivity index (χ1n) is 6.91. The van der Waals surface area contributed by atoms with Crippen LogP contribution in [-0.2, 0) is 6.54 Å². The third-order valence-electron chi connectivity index (χ3n) is 3.80. The largest absolute Gasteiger partial charge is 0.454 e. The van der Waals surface area contributed by atoms with Crippen LogP contribution >= 0.6 is 0 Å². The van der Waals surface area contributed by atoms with Crippen LogP contribution in [0, 0.1) is 18.8 Å². The number of nitrogens with two attached hydrogens (primary N) is 1. The number of nitrogens with one attached hydrogen (secondary N) is 1. The maximum Gasteiger partial charge on any atom is 0.231 e. The highest BCUT2D eigenvalue weighted by Crippen LogP contribution is 2.34. The molecular formula is C15H24N2O2. The second-order valence-corrected chi connectivity index (χ2v) is 5.50. The number of hydrogen-bond donors (Lipinski definition) is 2. The first-order chi connectivity index (χ1) is 9.11. The number of benzene rings is 1. The van der Waals surface area contributed by atoms with E-state index in [2.05, 4.69) is 32.2 Å². The fraction of sp³-hybridized carbons (Fsp3) is 0.600. The van der Waals surface area contributed by atoms with Gasteiger partial charge < -0.3 is 20.5 Å². The fourth-order valence-electron chi connectivity index (χ4n) is 2.26. The molecule has 0 bridgehead atoms. The van der Waals surface area contributed by atoms with Crippen LogP contribution in [0.25, 0.3) is 0 Å². The average molecular weight is 264 g/mol. The normalized spacial score (nSPS) is 15.0. The maximum atomic E-state index is 5.78. The molecule has 1 aromatic carbocycles. The number of fused-ring (bicyclic) bond motifs is 1. The minimum atomic E-state index is 0.328. The Kier molecular flexibility index (Phi) is 4.66. The van der Waals surface area contributed by atoms with E-state index in [9.17, 15) is 0 Å². The lowest BCUT2D eigenvalue weighted by atomic mass is 9.96. The van der Waals surface area contributed by atoms with Crippen LogP contribution in [-0.4, -0.2) is 19.9 Å².